The maximum Gasteiger partial charge on any atom is 0.240 e. The van der Waals surface area contributed by atoms with Gasteiger partial charge in [0.2, 0.25) is 10.0 Å². The Bertz CT molecular complexity index is 527. The number of hydrogen-bond acceptors (Lipinski definition) is 3. The highest BCUT2D eigenvalue weighted by atomic mass is 35.5. The van der Waals surface area contributed by atoms with Gasteiger partial charge in [0.1, 0.15) is 0 Å². The van der Waals surface area contributed by atoms with E-state index in [0.717, 1.165) is 24.8 Å². The van der Waals surface area contributed by atoms with Crippen LogP contribution in [0.25, 0.3) is 0 Å². The van der Waals surface area contributed by atoms with Crippen molar-refractivity contribution in [3.63, 3.8) is 0 Å². The first-order valence-corrected chi connectivity index (χ1v) is 7.84. The highest BCUT2D eigenvalue weighted by Crippen LogP contribution is 2.23. The van der Waals surface area contributed by atoms with Crippen molar-refractivity contribution < 1.29 is 8.42 Å². The lowest BCUT2D eigenvalue weighted by Crippen LogP contribution is -2.39. The van der Waals surface area contributed by atoms with Crippen molar-refractivity contribution in [1.29, 1.82) is 0 Å². The van der Waals surface area contributed by atoms with Crippen molar-refractivity contribution >= 4 is 21.6 Å². The first kappa shape index (κ1) is 13.8. The monoisotopic (exact) mass is 288 g/mol. The summed E-state index contributed by atoms with van der Waals surface area (Å²) in [4.78, 5) is 0.282. The molecular formula is C12H17ClN2O2S. The van der Waals surface area contributed by atoms with E-state index in [9.17, 15) is 8.42 Å². The molecule has 0 bridgehead atoms. The molecule has 1 fully saturated rings. The number of halogens is 1. The Morgan fingerprint density at radius 2 is 2.11 bits per heavy atom. The summed E-state index contributed by atoms with van der Waals surface area (Å²) in [5.41, 5.74) is 0.788. The summed E-state index contributed by atoms with van der Waals surface area (Å²) >= 11 is 6.01. The molecule has 6 heteroatoms. The van der Waals surface area contributed by atoms with E-state index in [1.165, 1.54) is 0 Å². The lowest BCUT2D eigenvalue weighted by Gasteiger charge is -2.26. The van der Waals surface area contributed by atoms with Crippen molar-refractivity contribution in [2.45, 2.75) is 36.7 Å². The average molecular weight is 289 g/mol. The molecule has 0 spiro atoms. The summed E-state index contributed by atoms with van der Waals surface area (Å²) in [5.74, 6) is 0. The lowest BCUT2D eigenvalue weighted by molar-refractivity contribution is 0.383. The molecule has 1 aromatic rings. The number of hydrogen-bond donors (Lipinski definition) is 2. The van der Waals surface area contributed by atoms with E-state index < -0.39 is 10.0 Å². The molecule has 0 amide bonds. The molecule has 0 aliphatic heterocycles. The third kappa shape index (κ3) is 3.03. The third-order valence-electron chi connectivity index (χ3n) is 3.12. The van der Waals surface area contributed by atoms with Crippen molar-refractivity contribution in [3.8, 4) is 0 Å². The molecule has 0 radical (unpaired) electrons. The van der Waals surface area contributed by atoms with Gasteiger partial charge >= 0.3 is 0 Å². The number of rotatable bonds is 5. The van der Waals surface area contributed by atoms with Crippen molar-refractivity contribution in [1.82, 2.24) is 10.0 Å². The van der Waals surface area contributed by atoms with E-state index in [2.05, 4.69) is 10.0 Å². The zero-order valence-electron chi connectivity index (χ0n) is 10.2. The molecule has 100 valence electrons. The second-order valence-electron chi connectivity index (χ2n) is 4.53. The average Bonchev–Trinajstić information content (AvgIpc) is 2.27. The van der Waals surface area contributed by atoms with Crippen LogP contribution in [0.5, 0.6) is 0 Å². The molecule has 2 N–H and O–H groups in total. The summed E-state index contributed by atoms with van der Waals surface area (Å²) in [6, 6.07) is 4.89. The van der Waals surface area contributed by atoms with E-state index in [-0.39, 0.29) is 10.9 Å². The van der Waals surface area contributed by atoms with Gasteiger partial charge in [-0.25, -0.2) is 13.1 Å². The lowest BCUT2D eigenvalue weighted by atomic mass is 9.94. The minimum absolute atomic E-state index is 0.0958. The molecule has 0 aromatic heterocycles. The molecule has 2 rings (SSSR count). The predicted molar refractivity (Wildman–Crippen MR) is 72.2 cm³/mol. The maximum atomic E-state index is 12.1. The van der Waals surface area contributed by atoms with Gasteiger partial charge in [-0.15, -0.1) is 0 Å². The first-order chi connectivity index (χ1) is 8.53. The van der Waals surface area contributed by atoms with E-state index in [1.807, 2.05) is 0 Å². The Hall–Kier alpha value is -0.620. The fraction of sp³-hybridized carbons (Fsp3) is 0.500. The molecule has 1 aliphatic carbocycles. The fourth-order valence-electron chi connectivity index (χ4n) is 1.86. The van der Waals surface area contributed by atoms with Gasteiger partial charge in [-0.2, -0.15) is 0 Å². The quantitative estimate of drug-likeness (QED) is 0.870. The van der Waals surface area contributed by atoms with Crippen LogP contribution in [0.15, 0.2) is 23.1 Å². The van der Waals surface area contributed by atoms with Crippen LogP contribution in [-0.2, 0) is 16.6 Å². The van der Waals surface area contributed by atoms with Crippen LogP contribution in [0, 0.1) is 0 Å². The topological polar surface area (TPSA) is 58.2 Å². The minimum Gasteiger partial charge on any atom is -0.316 e. The smallest absolute Gasteiger partial charge is 0.240 e. The Morgan fingerprint density at radius 1 is 1.39 bits per heavy atom. The molecular weight excluding hydrogens is 272 g/mol. The second-order valence-corrected chi connectivity index (χ2v) is 6.65. The van der Waals surface area contributed by atoms with E-state index in [4.69, 9.17) is 11.6 Å². The predicted octanol–water partition coefficient (Wildman–Crippen LogP) is 1.89. The van der Waals surface area contributed by atoms with Gasteiger partial charge < -0.3 is 5.32 Å². The van der Waals surface area contributed by atoms with Gasteiger partial charge in [-0.1, -0.05) is 18.0 Å². The number of sulfonamides is 1. The van der Waals surface area contributed by atoms with Gasteiger partial charge in [0, 0.05) is 17.6 Å². The highest BCUT2D eigenvalue weighted by molar-refractivity contribution is 7.89. The molecule has 18 heavy (non-hydrogen) atoms. The standard InChI is InChI=1S/C12H17ClN2O2S/c1-14-8-9-7-11(5-6-12(9)13)18(16,17)15-10-3-2-4-10/h5-7,10,14-15H,2-4,8H2,1H3. The van der Waals surface area contributed by atoms with Crippen LogP contribution >= 0.6 is 11.6 Å². The van der Waals surface area contributed by atoms with Crippen molar-refractivity contribution in [2.24, 2.45) is 0 Å². The Kier molecular flexibility index (Phi) is 4.27. The Morgan fingerprint density at radius 3 is 2.67 bits per heavy atom. The van der Waals surface area contributed by atoms with Crippen LogP contribution in [0.2, 0.25) is 5.02 Å². The number of nitrogens with one attached hydrogen (secondary N) is 2. The summed E-state index contributed by atoms with van der Waals surface area (Å²) in [5, 5.41) is 3.54. The normalized spacial score (nSPS) is 16.6. The molecule has 0 saturated heterocycles. The molecule has 1 aromatic carbocycles. The summed E-state index contributed by atoms with van der Waals surface area (Å²) in [6.07, 6.45) is 2.95. The fourth-order valence-corrected chi connectivity index (χ4v) is 3.40. The van der Waals surface area contributed by atoms with Gasteiger partial charge in [0.05, 0.1) is 4.90 Å². The second kappa shape index (κ2) is 5.57. The van der Waals surface area contributed by atoms with Crippen LogP contribution in [0.1, 0.15) is 24.8 Å². The van der Waals surface area contributed by atoms with Crippen molar-refractivity contribution in [3.05, 3.63) is 28.8 Å². The summed E-state index contributed by atoms with van der Waals surface area (Å²) in [6.45, 7) is 0.547. The van der Waals surface area contributed by atoms with Crippen LogP contribution in [0.3, 0.4) is 0 Å². The van der Waals surface area contributed by atoms with Gasteiger partial charge in [-0.05, 0) is 43.7 Å². The van der Waals surface area contributed by atoms with E-state index in [1.54, 1.807) is 25.2 Å². The van der Waals surface area contributed by atoms with E-state index >= 15 is 0 Å². The van der Waals surface area contributed by atoms with Gasteiger partial charge in [0.15, 0.2) is 0 Å². The summed E-state index contributed by atoms with van der Waals surface area (Å²) < 4.78 is 27.0. The largest absolute Gasteiger partial charge is 0.316 e. The number of benzene rings is 1. The van der Waals surface area contributed by atoms with Crippen molar-refractivity contribution in [2.75, 3.05) is 7.05 Å². The molecule has 0 atom stereocenters. The Balaban J connectivity index is 2.23. The minimum atomic E-state index is -3.41. The zero-order valence-corrected chi connectivity index (χ0v) is 11.8. The first-order valence-electron chi connectivity index (χ1n) is 5.98. The molecule has 0 heterocycles. The Labute approximate surface area is 113 Å². The summed E-state index contributed by atoms with van der Waals surface area (Å²) in [7, 11) is -1.62. The SMILES string of the molecule is CNCc1cc(S(=O)(=O)NC2CCC2)ccc1Cl. The van der Waals surface area contributed by atoms with Crippen LogP contribution in [-0.4, -0.2) is 21.5 Å². The van der Waals surface area contributed by atoms with Gasteiger partial charge in [-0.3, -0.25) is 0 Å². The highest BCUT2D eigenvalue weighted by Gasteiger charge is 2.24. The molecule has 0 unspecified atom stereocenters. The molecule has 4 nitrogen and oxygen atoms in total. The van der Waals surface area contributed by atoms with Crippen LogP contribution < -0.4 is 10.0 Å². The van der Waals surface area contributed by atoms with Gasteiger partial charge in [0.25, 0.3) is 0 Å². The zero-order chi connectivity index (χ0) is 13.2. The third-order valence-corrected chi connectivity index (χ3v) is 5.01. The van der Waals surface area contributed by atoms with E-state index in [0.29, 0.717) is 11.6 Å². The molecule has 1 saturated carbocycles. The maximum absolute atomic E-state index is 12.1. The molecule has 1 aliphatic rings. The van der Waals surface area contributed by atoms with Crippen LogP contribution in [0.4, 0.5) is 0 Å².